The third kappa shape index (κ3) is 1.69. The molecular weight excluding hydrogens is 218 g/mol. The van der Waals surface area contributed by atoms with Gasteiger partial charge in [0.1, 0.15) is 0 Å². The molecule has 0 radical (unpaired) electrons. The molecule has 3 rings (SSSR count). The Morgan fingerprint density at radius 3 is 2.47 bits per heavy atom. The summed E-state index contributed by atoms with van der Waals surface area (Å²) in [4.78, 5) is 10.7. The molecule has 1 heterocycles. The van der Waals surface area contributed by atoms with E-state index >= 15 is 0 Å². The van der Waals surface area contributed by atoms with E-state index in [-0.39, 0.29) is 11.7 Å². The summed E-state index contributed by atoms with van der Waals surface area (Å²) in [6.07, 6.45) is 3.27. The monoisotopic (exact) mass is 229 g/mol. The zero-order valence-corrected chi connectivity index (χ0v) is 9.08. The Balaban J connectivity index is 1.86. The Kier molecular flexibility index (Phi) is 2.18. The highest BCUT2D eigenvalue weighted by molar-refractivity contribution is 5.84. The first-order valence-corrected chi connectivity index (χ1v) is 5.46. The lowest BCUT2D eigenvalue weighted by Gasteiger charge is -2.07. The van der Waals surface area contributed by atoms with Crippen LogP contribution in [0, 0.1) is 0 Å². The van der Waals surface area contributed by atoms with Crippen LogP contribution in [0.25, 0.3) is 0 Å². The minimum absolute atomic E-state index is 0.000885. The number of carboxylic acid groups (broad SMARTS) is 1. The van der Waals surface area contributed by atoms with Crippen LogP contribution in [0.1, 0.15) is 27.7 Å². The number of aromatic nitrogens is 3. The SMILES string of the molecule is O=C(O)c1cn(C2Cc3ccccc3C2)nn1. The lowest BCUT2D eigenvalue weighted by atomic mass is 10.1. The summed E-state index contributed by atoms with van der Waals surface area (Å²) >= 11 is 0. The van der Waals surface area contributed by atoms with Crippen molar-refractivity contribution in [2.75, 3.05) is 0 Å². The third-order valence-electron chi connectivity index (χ3n) is 3.13. The van der Waals surface area contributed by atoms with E-state index in [2.05, 4.69) is 22.4 Å². The fraction of sp³-hybridized carbons (Fsp3) is 0.250. The number of rotatable bonds is 2. The standard InChI is InChI=1S/C12H11N3O2/c16-12(17)11-7-15(14-13-11)10-5-8-3-1-2-4-9(8)6-10/h1-4,7,10H,5-6H2,(H,16,17). The molecule has 0 saturated heterocycles. The molecule has 0 fully saturated rings. The molecule has 5 heteroatoms. The molecule has 5 nitrogen and oxygen atoms in total. The van der Waals surface area contributed by atoms with E-state index in [1.165, 1.54) is 17.3 Å². The quantitative estimate of drug-likeness (QED) is 0.843. The van der Waals surface area contributed by atoms with E-state index in [0.29, 0.717) is 0 Å². The molecule has 2 aromatic rings. The van der Waals surface area contributed by atoms with E-state index in [4.69, 9.17) is 5.11 Å². The van der Waals surface area contributed by atoms with Crippen LogP contribution in [0.4, 0.5) is 0 Å². The summed E-state index contributed by atoms with van der Waals surface area (Å²) in [5.74, 6) is -1.04. The van der Waals surface area contributed by atoms with Crippen LogP contribution in [-0.4, -0.2) is 26.1 Å². The average Bonchev–Trinajstić information content (AvgIpc) is 2.95. The summed E-state index contributed by atoms with van der Waals surface area (Å²) < 4.78 is 1.66. The van der Waals surface area contributed by atoms with Gasteiger partial charge in [0.2, 0.25) is 0 Å². The van der Waals surface area contributed by atoms with Gasteiger partial charge < -0.3 is 5.11 Å². The Morgan fingerprint density at radius 2 is 1.94 bits per heavy atom. The van der Waals surface area contributed by atoms with Gasteiger partial charge in [-0.05, 0) is 24.0 Å². The largest absolute Gasteiger partial charge is 0.476 e. The molecule has 1 aromatic carbocycles. The normalized spacial score (nSPS) is 14.8. The Bertz CT molecular complexity index is 552. The lowest BCUT2D eigenvalue weighted by molar-refractivity contribution is 0.0690. The van der Waals surface area contributed by atoms with Gasteiger partial charge in [-0.2, -0.15) is 0 Å². The van der Waals surface area contributed by atoms with Gasteiger partial charge in [0.15, 0.2) is 5.69 Å². The summed E-state index contributed by atoms with van der Waals surface area (Å²) in [6, 6.07) is 8.43. The molecule has 0 bridgehead atoms. The van der Waals surface area contributed by atoms with Crippen molar-refractivity contribution in [1.82, 2.24) is 15.0 Å². The lowest BCUT2D eigenvalue weighted by Crippen LogP contribution is -2.09. The van der Waals surface area contributed by atoms with Crippen molar-refractivity contribution in [3.63, 3.8) is 0 Å². The smallest absolute Gasteiger partial charge is 0.358 e. The predicted molar refractivity (Wildman–Crippen MR) is 59.9 cm³/mol. The van der Waals surface area contributed by atoms with Gasteiger partial charge in [0.05, 0.1) is 12.2 Å². The number of nitrogens with zero attached hydrogens (tertiary/aromatic N) is 3. The highest BCUT2D eigenvalue weighted by Gasteiger charge is 2.24. The molecule has 0 saturated carbocycles. The summed E-state index contributed by atoms with van der Waals surface area (Å²) in [6.45, 7) is 0. The number of fused-ring (bicyclic) bond motifs is 1. The zero-order chi connectivity index (χ0) is 11.8. The second-order valence-electron chi connectivity index (χ2n) is 4.22. The predicted octanol–water partition coefficient (Wildman–Crippen LogP) is 1.32. The molecule has 0 spiro atoms. The maximum atomic E-state index is 10.7. The molecule has 0 atom stereocenters. The topological polar surface area (TPSA) is 68.0 Å². The average molecular weight is 229 g/mol. The van der Waals surface area contributed by atoms with Gasteiger partial charge in [0.25, 0.3) is 0 Å². The number of benzene rings is 1. The van der Waals surface area contributed by atoms with Gasteiger partial charge in [-0.1, -0.05) is 29.5 Å². The molecular formula is C12H11N3O2. The van der Waals surface area contributed by atoms with Crippen molar-refractivity contribution in [3.8, 4) is 0 Å². The summed E-state index contributed by atoms with van der Waals surface area (Å²) in [7, 11) is 0. The number of carbonyl (C=O) groups is 1. The fourth-order valence-corrected chi connectivity index (χ4v) is 2.28. The van der Waals surface area contributed by atoms with Crippen molar-refractivity contribution < 1.29 is 9.90 Å². The Morgan fingerprint density at radius 1 is 1.29 bits per heavy atom. The van der Waals surface area contributed by atoms with Gasteiger partial charge in [-0.3, -0.25) is 0 Å². The minimum atomic E-state index is -1.04. The maximum absolute atomic E-state index is 10.7. The summed E-state index contributed by atoms with van der Waals surface area (Å²) in [5, 5.41) is 16.3. The first-order chi connectivity index (χ1) is 8.24. The fourth-order valence-electron chi connectivity index (χ4n) is 2.28. The van der Waals surface area contributed by atoms with Crippen LogP contribution in [0.5, 0.6) is 0 Å². The van der Waals surface area contributed by atoms with Crippen LogP contribution < -0.4 is 0 Å². The molecule has 1 aromatic heterocycles. The van der Waals surface area contributed by atoms with Gasteiger partial charge in [-0.25, -0.2) is 9.48 Å². The molecule has 0 amide bonds. The van der Waals surface area contributed by atoms with Crippen LogP contribution in [0.2, 0.25) is 0 Å². The van der Waals surface area contributed by atoms with E-state index in [0.717, 1.165) is 12.8 Å². The summed E-state index contributed by atoms with van der Waals surface area (Å²) in [5.41, 5.74) is 2.62. The van der Waals surface area contributed by atoms with Crippen LogP contribution in [0.15, 0.2) is 30.5 Å². The van der Waals surface area contributed by atoms with Gasteiger partial charge in [-0.15, -0.1) is 5.10 Å². The van der Waals surface area contributed by atoms with Crippen LogP contribution >= 0.6 is 0 Å². The van der Waals surface area contributed by atoms with E-state index in [9.17, 15) is 4.79 Å². The second kappa shape index (κ2) is 3.69. The molecule has 1 aliphatic rings. The van der Waals surface area contributed by atoms with Crippen molar-refractivity contribution in [1.29, 1.82) is 0 Å². The van der Waals surface area contributed by atoms with E-state index in [1.54, 1.807) is 4.68 Å². The Hall–Kier alpha value is -2.17. The highest BCUT2D eigenvalue weighted by atomic mass is 16.4. The molecule has 0 unspecified atom stereocenters. The number of hydrogen-bond donors (Lipinski definition) is 1. The van der Waals surface area contributed by atoms with Crippen molar-refractivity contribution in [2.45, 2.75) is 18.9 Å². The van der Waals surface area contributed by atoms with Gasteiger partial charge >= 0.3 is 5.97 Å². The van der Waals surface area contributed by atoms with Crippen molar-refractivity contribution >= 4 is 5.97 Å². The highest BCUT2D eigenvalue weighted by Crippen LogP contribution is 2.29. The second-order valence-corrected chi connectivity index (χ2v) is 4.22. The molecule has 17 heavy (non-hydrogen) atoms. The van der Waals surface area contributed by atoms with Crippen molar-refractivity contribution in [3.05, 3.63) is 47.3 Å². The van der Waals surface area contributed by atoms with Crippen LogP contribution in [0.3, 0.4) is 0 Å². The zero-order valence-electron chi connectivity index (χ0n) is 9.08. The molecule has 1 N–H and O–H groups in total. The number of aromatic carboxylic acids is 1. The first kappa shape index (κ1) is 10.0. The number of hydrogen-bond acceptors (Lipinski definition) is 3. The maximum Gasteiger partial charge on any atom is 0.358 e. The van der Waals surface area contributed by atoms with Crippen molar-refractivity contribution in [2.24, 2.45) is 0 Å². The molecule has 86 valence electrons. The van der Waals surface area contributed by atoms with Crippen LogP contribution in [-0.2, 0) is 12.8 Å². The number of carboxylic acids is 1. The first-order valence-electron chi connectivity index (χ1n) is 5.46. The third-order valence-corrected chi connectivity index (χ3v) is 3.13. The minimum Gasteiger partial charge on any atom is -0.476 e. The van der Waals surface area contributed by atoms with E-state index in [1.807, 2.05) is 12.1 Å². The molecule has 1 aliphatic carbocycles. The molecule has 0 aliphatic heterocycles. The van der Waals surface area contributed by atoms with Gasteiger partial charge in [0, 0.05) is 0 Å². The Labute approximate surface area is 97.7 Å². The van der Waals surface area contributed by atoms with E-state index < -0.39 is 5.97 Å².